The van der Waals surface area contributed by atoms with Crippen molar-refractivity contribution in [3.8, 4) is 0 Å². The quantitative estimate of drug-likeness (QED) is 0.466. The van der Waals surface area contributed by atoms with E-state index in [4.69, 9.17) is 0 Å². The van der Waals surface area contributed by atoms with Crippen molar-refractivity contribution >= 4 is 30.7 Å². The molecular formula is C6H15IOSi. The first-order valence-corrected chi connectivity index (χ1v) is 8.33. The highest BCUT2D eigenvalue weighted by Crippen LogP contribution is 2.11. The van der Waals surface area contributed by atoms with Gasteiger partial charge in [0, 0.05) is 10.2 Å². The minimum absolute atomic E-state index is 0.00519. The summed E-state index contributed by atoms with van der Waals surface area (Å²) in [5.41, 5.74) is -0.00519. The summed E-state index contributed by atoms with van der Waals surface area (Å²) >= 11 is 2.30. The lowest BCUT2D eigenvalue weighted by Gasteiger charge is -2.22. The van der Waals surface area contributed by atoms with Crippen LogP contribution in [0.25, 0.3) is 0 Å². The van der Waals surface area contributed by atoms with E-state index in [1.54, 1.807) is 0 Å². The van der Waals surface area contributed by atoms with Crippen LogP contribution in [0, 0.1) is 0 Å². The molecule has 0 aliphatic carbocycles. The van der Waals surface area contributed by atoms with Crippen LogP contribution in [0.2, 0.25) is 19.6 Å². The van der Waals surface area contributed by atoms with Crippen molar-refractivity contribution in [2.24, 2.45) is 0 Å². The largest absolute Gasteiger partial charge is 0.397 e. The van der Waals surface area contributed by atoms with Gasteiger partial charge in [0.25, 0.3) is 0 Å². The minimum atomic E-state index is -1.23. The van der Waals surface area contributed by atoms with Crippen molar-refractivity contribution in [1.82, 2.24) is 0 Å². The second kappa shape index (κ2) is 3.93. The molecule has 1 unspecified atom stereocenters. The van der Waals surface area contributed by atoms with Crippen molar-refractivity contribution in [1.29, 1.82) is 0 Å². The Kier molecular flexibility index (Phi) is 4.32. The zero-order valence-electron chi connectivity index (χ0n) is 6.32. The summed E-state index contributed by atoms with van der Waals surface area (Å²) in [5, 5.41) is 9.44. The summed E-state index contributed by atoms with van der Waals surface area (Å²) in [6, 6.07) is 0. The highest BCUT2D eigenvalue weighted by atomic mass is 127. The van der Waals surface area contributed by atoms with Crippen molar-refractivity contribution in [3.05, 3.63) is 0 Å². The van der Waals surface area contributed by atoms with Gasteiger partial charge >= 0.3 is 0 Å². The molecule has 9 heavy (non-hydrogen) atoms. The van der Waals surface area contributed by atoms with Crippen molar-refractivity contribution < 1.29 is 5.11 Å². The van der Waals surface area contributed by atoms with Crippen LogP contribution >= 0.6 is 22.6 Å². The van der Waals surface area contributed by atoms with E-state index in [9.17, 15) is 5.11 Å². The van der Waals surface area contributed by atoms with Crippen LogP contribution in [-0.4, -0.2) is 23.3 Å². The van der Waals surface area contributed by atoms with E-state index in [0.29, 0.717) is 0 Å². The molecule has 0 aromatic heterocycles. The first kappa shape index (κ1) is 9.91. The van der Waals surface area contributed by atoms with Gasteiger partial charge in [0.05, 0.1) is 8.07 Å². The molecule has 0 aromatic rings. The molecule has 3 heteroatoms. The summed E-state index contributed by atoms with van der Waals surface area (Å²) in [6.07, 6.45) is 0.969. The highest BCUT2D eigenvalue weighted by Gasteiger charge is 2.23. The van der Waals surface area contributed by atoms with Gasteiger partial charge in [-0.2, -0.15) is 0 Å². The van der Waals surface area contributed by atoms with Gasteiger partial charge in [-0.1, -0.05) is 42.2 Å². The van der Waals surface area contributed by atoms with E-state index in [2.05, 4.69) is 42.2 Å². The van der Waals surface area contributed by atoms with E-state index in [1.807, 2.05) is 0 Å². The third kappa shape index (κ3) is 4.33. The average molecular weight is 258 g/mol. The van der Waals surface area contributed by atoms with Crippen LogP contribution in [0.4, 0.5) is 0 Å². The molecule has 0 bridgehead atoms. The fraction of sp³-hybridized carbons (Fsp3) is 1.00. The lowest BCUT2D eigenvalue weighted by atomic mass is 10.5. The van der Waals surface area contributed by atoms with Crippen molar-refractivity contribution in [3.63, 3.8) is 0 Å². The van der Waals surface area contributed by atoms with Gasteiger partial charge in [-0.05, 0) is 6.42 Å². The van der Waals surface area contributed by atoms with E-state index < -0.39 is 8.07 Å². The van der Waals surface area contributed by atoms with Gasteiger partial charge < -0.3 is 5.11 Å². The first-order chi connectivity index (χ1) is 3.98. The Morgan fingerprint density at radius 1 is 1.44 bits per heavy atom. The zero-order chi connectivity index (χ0) is 7.49. The van der Waals surface area contributed by atoms with Crippen LogP contribution in [0.15, 0.2) is 0 Å². The molecule has 1 atom stereocenters. The molecule has 0 aromatic carbocycles. The molecule has 0 saturated heterocycles. The van der Waals surface area contributed by atoms with Gasteiger partial charge in [0.2, 0.25) is 0 Å². The lowest BCUT2D eigenvalue weighted by Crippen LogP contribution is -2.38. The number of alkyl halides is 1. The molecule has 0 fully saturated rings. The Morgan fingerprint density at radius 2 is 1.89 bits per heavy atom. The Bertz CT molecular complexity index is 79.6. The SMILES string of the molecule is C[Si](C)(C)C(O)CCI. The molecule has 0 rings (SSSR count). The number of aliphatic hydroxyl groups is 1. The Balaban J connectivity index is 3.59. The van der Waals surface area contributed by atoms with Crippen LogP contribution < -0.4 is 0 Å². The summed E-state index contributed by atoms with van der Waals surface area (Å²) in [7, 11) is -1.23. The smallest absolute Gasteiger partial charge is 0.0781 e. The Morgan fingerprint density at radius 3 is 2.00 bits per heavy atom. The van der Waals surface area contributed by atoms with E-state index in [0.717, 1.165) is 10.8 Å². The maximum Gasteiger partial charge on any atom is 0.0781 e. The molecule has 0 amide bonds. The zero-order valence-corrected chi connectivity index (χ0v) is 9.47. The van der Waals surface area contributed by atoms with Gasteiger partial charge in [-0.25, -0.2) is 0 Å². The molecule has 0 heterocycles. The normalized spacial score (nSPS) is 15.7. The van der Waals surface area contributed by atoms with Crippen LogP contribution in [0.5, 0.6) is 0 Å². The summed E-state index contributed by atoms with van der Waals surface area (Å²) in [4.78, 5) is 0. The number of aliphatic hydroxyl groups excluding tert-OH is 1. The van der Waals surface area contributed by atoms with Crippen LogP contribution in [0.1, 0.15) is 6.42 Å². The first-order valence-electron chi connectivity index (χ1n) is 3.22. The van der Waals surface area contributed by atoms with Gasteiger partial charge in [-0.3, -0.25) is 0 Å². The molecule has 0 spiro atoms. The highest BCUT2D eigenvalue weighted by molar-refractivity contribution is 14.1. The molecule has 1 N–H and O–H groups in total. The molecule has 0 radical (unpaired) electrons. The summed E-state index contributed by atoms with van der Waals surface area (Å²) in [5.74, 6) is 0. The van der Waals surface area contributed by atoms with Crippen molar-refractivity contribution in [2.45, 2.75) is 31.8 Å². The molecule has 0 aliphatic rings. The maximum atomic E-state index is 9.44. The predicted molar refractivity (Wildman–Crippen MR) is 52.9 cm³/mol. The van der Waals surface area contributed by atoms with Crippen molar-refractivity contribution in [2.75, 3.05) is 4.43 Å². The predicted octanol–water partition coefficient (Wildman–Crippen LogP) is 2.05. The van der Waals surface area contributed by atoms with Gasteiger partial charge in [-0.15, -0.1) is 0 Å². The number of hydrogen-bond donors (Lipinski definition) is 1. The average Bonchev–Trinajstić information content (AvgIpc) is 1.64. The monoisotopic (exact) mass is 258 g/mol. The number of rotatable bonds is 3. The van der Waals surface area contributed by atoms with Crippen LogP contribution in [0.3, 0.4) is 0 Å². The molecule has 1 nitrogen and oxygen atoms in total. The fourth-order valence-electron chi connectivity index (χ4n) is 0.536. The van der Waals surface area contributed by atoms with Crippen LogP contribution in [-0.2, 0) is 0 Å². The standard InChI is InChI=1S/C6H15IOSi/c1-9(2,3)6(8)4-5-7/h6,8H,4-5H2,1-3H3. The third-order valence-corrected chi connectivity index (χ3v) is 4.29. The summed E-state index contributed by atoms with van der Waals surface area (Å²) in [6.45, 7) is 6.60. The summed E-state index contributed by atoms with van der Waals surface area (Å²) < 4.78 is 1.07. The molecular weight excluding hydrogens is 243 g/mol. The second-order valence-electron chi connectivity index (χ2n) is 3.36. The lowest BCUT2D eigenvalue weighted by molar-refractivity contribution is 0.242. The van der Waals surface area contributed by atoms with Gasteiger partial charge in [0.15, 0.2) is 0 Å². The van der Waals surface area contributed by atoms with E-state index in [-0.39, 0.29) is 5.73 Å². The number of halogens is 1. The molecule has 56 valence electrons. The number of hydrogen-bond acceptors (Lipinski definition) is 1. The minimum Gasteiger partial charge on any atom is -0.397 e. The second-order valence-corrected chi connectivity index (χ2v) is 9.84. The third-order valence-electron chi connectivity index (χ3n) is 1.38. The van der Waals surface area contributed by atoms with Gasteiger partial charge in [0.1, 0.15) is 0 Å². The fourth-order valence-corrected chi connectivity index (χ4v) is 2.72. The van der Waals surface area contributed by atoms with E-state index in [1.165, 1.54) is 0 Å². The Labute approximate surface area is 72.0 Å². The maximum absolute atomic E-state index is 9.44. The molecule has 0 aliphatic heterocycles. The molecule has 0 saturated carbocycles. The Hall–Kier alpha value is 0.907. The van der Waals surface area contributed by atoms with E-state index >= 15 is 0 Å². The topological polar surface area (TPSA) is 20.2 Å².